The number of carbonyl (C=O) groups is 1. The molecule has 202 valence electrons. The summed E-state index contributed by atoms with van der Waals surface area (Å²) in [5, 5.41) is 3.50. The van der Waals surface area contributed by atoms with E-state index in [1.165, 1.54) is 39.7 Å². The maximum absolute atomic E-state index is 14.2. The van der Waals surface area contributed by atoms with Gasteiger partial charge in [-0.15, -0.1) is 0 Å². The van der Waals surface area contributed by atoms with E-state index < -0.39 is 5.83 Å². The molecule has 3 aromatic rings. The number of nitrogens with zero attached hydrogens (tertiary/aromatic N) is 7. The standard InChI is InChI=1S/C27H35FN8O2/c1-6-35-26(38)24-16-29-27(30-21-7-9-22(10-8-21)33-13-11-32(5)12-14-33)31-25(24)36(35)23(15-20(4)28)17-34(18-37)19(2)3/h7-10,15-19H,6,11-14H2,1-5H3,(H,29,30,31)/b20-15+,23-17+. The summed E-state index contributed by atoms with van der Waals surface area (Å²) in [7, 11) is 2.13. The van der Waals surface area contributed by atoms with Crippen LogP contribution in [0.3, 0.4) is 0 Å². The fourth-order valence-corrected chi connectivity index (χ4v) is 4.40. The third kappa shape index (κ3) is 5.77. The first-order valence-corrected chi connectivity index (χ1v) is 12.8. The summed E-state index contributed by atoms with van der Waals surface area (Å²) < 4.78 is 17.1. The molecule has 38 heavy (non-hydrogen) atoms. The van der Waals surface area contributed by atoms with Crippen LogP contribution in [0.25, 0.3) is 16.7 Å². The van der Waals surface area contributed by atoms with Gasteiger partial charge in [0.15, 0.2) is 5.65 Å². The van der Waals surface area contributed by atoms with Gasteiger partial charge in [0.2, 0.25) is 12.4 Å². The summed E-state index contributed by atoms with van der Waals surface area (Å²) in [5.41, 5.74) is 2.25. The van der Waals surface area contributed by atoms with Crippen molar-refractivity contribution in [1.29, 1.82) is 0 Å². The molecule has 0 radical (unpaired) electrons. The molecule has 0 atom stereocenters. The number of halogens is 1. The Hall–Kier alpha value is -3.99. The lowest BCUT2D eigenvalue weighted by molar-refractivity contribution is -0.117. The SMILES string of the molecule is CCn1c(=O)c2cnc(Nc3ccc(N4CCN(C)CC4)cc3)nc2n1C(/C=C(\C)F)=C/N(C=O)C(C)C. The second-order valence-electron chi connectivity index (χ2n) is 9.66. The normalized spacial score (nSPS) is 15.4. The fraction of sp³-hybridized carbons (Fsp3) is 0.407. The van der Waals surface area contributed by atoms with Gasteiger partial charge in [0.1, 0.15) is 5.39 Å². The molecule has 0 saturated carbocycles. The molecular formula is C27H35FN8O2. The highest BCUT2D eigenvalue weighted by molar-refractivity contribution is 5.80. The Morgan fingerprint density at radius 2 is 1.87 bits per heavy atom. The first-order valence-electron chi connectivity index (χ1n) is 12.8. The van der Waals surface area contributed by atoms with Crippen LogP contribution in [0.2, 0.25) is 0 Å². The van der Waals surface area contributed by atoms with Gasteiger partial charge in [0.25, 0.3) is 5.56 Å². The Bertz CT molecular complexity index is 1390. The molecule has 0 unspecified atom stereocenters. The zero-order chi connectivity index (χ0) is 27.4. The smallest absolute Gasteiger partial charge is 0.278 e. The minimum atomic E-state index is -0.476. The van der Waals surface area contributed by atoms with Gasteiger partial charge in [-0.25, -0.2) is 18.7 Å². The predicted molar refractivity (Wildman–Crippen MR) is 149 cm³/mol. The van der Waals surface area contributed by atoms with Crippen LogP contribution in [0.4, 0.5) is 21.7 Å². The van der Waals surface area contributed by atoms with Gasteiger partial charge < -0.3 is 20.0 Å². The fourth-order valence-electron chi connectivity index (χ4n) is 4.40. The average Bonchev–Trinajstić information content (AvgIpc) is 3.17. The van der Waals surface area contributed by atoms with Crippen molar-refractivity contribution in [2.24, 2.45) is 0 Å². The molecule has 1 N–H and O–H groups in total. The quantitative estimate of drug-likeness (QED) is 0.339. The zero-order valence-corrected chi connectivity index (χ0v) is 22.6. The van der Waals surface area contributed by atoms with E-state index in [-0.39, 0.29) is 11.6 Å². The van der Waals surface area contributed by atoms with Crippen LogP contribution in [-0.2, 0) is 11.3 Å². The van der Waals surface area contributed by atoms with E-state index in [9.17, 15) is 14.0 Å². The number of anilines is 3. The summed E-state index contributed by atoms with van der Waals surface area (Å²) in [5.74, 6) is -0.182. The second kappa shape index (κ2) is 11.6. The Morgan fingerprint density at radius 1 is 1.18 bits per heavy atom. The number of benzene rings is 1. The largest absolute Gasteiger partial charge is 0.369 e. The lowest BCUT2D eigenvalue weighted by atomic mass is 10.2. The van der Waals surface area contributed by atoms with Gasteiger partial charge in [0, 0.05) is 62.5 Å². The van der Waals surface area contributed by atoms with Crippen molar-refractivity contribution in [2.75, 3.05) is 43.4 Å². The van der Waals surface area contributed by atoms with Gasteiger partial charge in [-0.05, 0) is 65.1 Å². The number of hydrogen-bond acceptors (Lipinski definition) is 7. The van der Waals surface area contributed by atoms with E-state index >= 15 is 0 Å². The summed E-state index contributed by atoms with van der Waals surface area (Å²) in [4.78, 5) is 39.9. The molecule has 3 heterocycles. The van der Waals surface area contributed by atoms with Crippen LogP contribution in [0, 0.1) is 0 Å². The van der Waals surface area contributed by atoms with Crippen LogP contribution in [0.5, 0.6) is 0 Å². The molecule has 1 amide bonds. The number of piperazine rings is 1. The van der Waals surface area contributed by atoms with Crippen LogP contribution in [-0.4, -0.2) is 74.8 Å². The Labute approximate surface area is 221 Å². The number of nitrogens with one attached hydrogen (secondary N) is 1. The highest BCUT2D eigenvalue weighted by Crippen LogP contribution is 2.23. The first kappa shape index (κ1) is 27.1. The molecule has 2 aromatic heterocycles. The number of allylic oxidation sites excluding steroid dienone is 3. The van der Waals surface area contributed by atoms with E-state index in [0.29, 0.717) is 35.6 Å². The van der Waals surface area contributed by atoms with Crippen LogP contribution in [0.15, 0.2) is 53.4 Å². The van der Waals surface area contributed by atoms with Crippen molar-refractivity contribution in [3.63, 3.8) is 0 Å². The van der Waals surface area contributed by atoms with Gasteiger partial charge in [-0.3, -0.25) is 9.59 Å². The van der Waals surface area contributed by atoms with E-state index in [2.05, 4.69) is 44.3 Å². The molecule has 1 fully saturated rings. The van der Waals surface area contributed by atoms with Crippen molar-refractivity contribution in [2.45, 2.75) is 40.3 Å². The number of rotatable bonds is 9. The minimum Gasteiger partial charge on any atom is -0.369 e. The Morgan fingerprint density at radius 3 is 2.45 bits per heavy atom. The summed E-state index contributed by atoms with van der Waals surface area (Å²) in [6.07, 6.45) is 4.92. The predicted octanol–water partition coefficient (Wildman–Crippen LogP) is 3.65. The zero-order valence-electron chi connectivity index (χ0n) is 22.6. The van der Waals surface area contributed by atoms with Crippen LogP contribution in [0.1, 0.15) is 27.7 Å². The van der Waals surface area contributed by atoms with E-state index in [1.807, 2.05) is 32.9 Å². The van der Waals surface area contributed by atoms with E-state index in [1.54, 1.807) is 0 Å². The van der Waals surface area contributed by atoms with Crippen molar-refractivity contribution in [1.82, 2.24) is 29.1 Å². The number of amides is 1. The Balaban J connectivity index is 1.72. The summed E-state index contributed by atoms with van der Waals surface area (Å²) >= 11 is 0. The molecule has 11 heteroatoms. The van der Waals surface area contributed by atoms with Crippen molar-refractivity contribution in [3.8, 4) is 0 Å². The summed E-state index contributed by atoms with van der Waals surface area (Å²) in [6, 6.07) is 7.89. The first-order chi connectivity index (χ1) is 18.2. The Kier molecular flexibility index (Phi) is 8.26. The van der Waals surface area contributed by atoms with Crippen LogP contribution < -0.4 is 15.8 Å². The van der Waals surface area contributed by atoms with Gasteiger partial charge in [-0.2, -0.15) is 4.98 Å². The lowest BCUT2D eigenvalue weighted by Gasteiger charge is -2.34. The number of carbonyl (C=O) groups excluding carboxylic acids is 1. The number of hydrogen-bond donors (Lipinski definition) is 1. The van der Waals surface area contributed by atoms with E-state index in [0.717, 1.165) is 37.6 Å². The van der Waals surface area contributed by atoms with Crippen molar-refractivity contribution < 1.29 is 9.18 Å². The maximum atomic E-state index is 14.2. The number of fused-ring (bicyclic) bond motifs is 1. The molecule has 4 rings (SSSR count). The molecule has 1 aliphatic rings. The van der Waals surface area contributed by atoms with E-state index in [4.69, 9.17) is 0 Å². The van der Waals surface area contributed by atoms with Crippen LogP contribution >= 0.6 is 0 Å². The lowest BCUT2D eigenvalue weighted by Crippen LogP contribution is -2.44. The highest BCUT2D eigenvalue weighted by atomic mass is 19.1. The summed E-state index contributed by atoms with van der Waals surface area (Å²) in [6.45, 7) is 11.1. The highest BCUT2D eigenvalue weighted by Gasteiger charge is 2.19. The monoisotopic (exact) mass is 522 g/mol. The third-order valence-corrected chi connectivity index (χ3v) is 6.56. The maximum Gasteiger partial charge on any atom is 0.278 e. The molecular weight excluding hydrogens is 487 g/mol. The number of likely N-dealkylation sites (N-methyl/N-ethyl adjacent to an activating group) is 1. The molecule has 1 saturated heterocycles. The number of aromatic nitrogens is 4. The van der Waals surface area contributed by atoms with Gasteiger partial charge >= 0.3 is 0 Å². The van der Waals surface area contributed by atoms with Gasteiger partial charge in [-0.1, -0.05) is 0 Å². The average molecular weight is 523 g/mol. The second-order valence-corrected chi connectivity index (χ2v) is 9.66. The topological polar surface area (TPSA) is 91.5 Å². The third-order valence-electron chi connectivity index (χ3n) is 6.56. The van der Waals surface area contributed by atoms with Gasteiger partial charge in [0.05, 0.1) is 11.5 Å². The molecule has 0 aliphatic carbocycles. The molecule has 1 aliphatic heterocycles. The molecule has 0 spiro atoms. The molecule has 1 aromatic carbocycles. The molecule has 0 bridgehead atoms. The van der Waals surface area contributed by atoms with Crippen molar-refractivity contribution >= 4 is 40.5 Å². The van der Waals surface area contributed by atoms with Crippen molar-refractivity contribution in [3.05, 3.63) is 58.9 Å². The minimum absolute atomic E-state index is 0.167. The molecule has 10 nitrogen and oxygen atoms in total.